The minimum atomic E-state index is -4.51. The lowest BCUT2D eigenvalue weighted by molar-refractivity contribution is -0.137. The van der Waals surface area contributed by atoms with Gasteiger partial charge in [0.15, 0.2) is 21.3 Å². The summed E-state index contributed by atoms with van der Waals surface area (Å²) in [6.07, 6.45) is -1.96. The molecule has 1 fully saturated rings. The number of rotatable bonds is 5. The molecular formula is C19H17F3N4O4S. The first-order valence-electron chi connectivity index (χ1n) is 9.34. The molecule has 31 heavy (non-hydrogen) atoms. The SMILES string of the molecule is O=C(Cc1cccc(C(F)(F)F)c1)Cn1cnc2c(cnn2C2CCS(=O)(=O)C2)c1=O. The molecule has 0 aliphatic carbocycles. The van der Waals surface area contributed by atoms with Crippen LogP contribution in [0.4, 0.5) is 13.2 Å². The zero-order chi connectivity index (χ0) is 22.4. The largest absolute Gasteiger partial charge is 0.416 e. The molecule has 1 saturated heterocycles. The highest BCUT2D eigenvalue weighted by Crippen LogP contribution is 2.29. The Morgan fingerprint density at radius 2 is 2.03 bits per heavy atom. The van der Waals surface area contributed by atoms with Crippen molar-refractivity contribution in [3.8, 4) is 0 Å². The molecule has 3 aromatic rings. The number of Topliss-reactive ketones (excluding diaryl/α,β-unsaturated/α-hetero) is 1. The first-order valence-corrected chi connectivity index (χ1v) is 11.2. The number of nitrogens with zero attached hydrogens (tertiary/aromatic N) is 4. The van der Waals surface area contributed by atoms with Crippen molar-refractivity contribution in [3.05, 3.63) is 58.3 Å². The Bertz CT molecular complexity index is 1330. The predicted octanol–water partition coefficient (Wildman–Crippen LogP) is 1.78. The fraction of sp³-hybridized carbons (Fsp3) is 0.368. The summed E-state index contributed by atoms with van der Waals surface area (Å²) in [7, 11) is -3.15. The topological polar surface area (TPSA) is 104 Å². The van der Waals surface area contributed by atoms with E-state index in [1.807, 2.05) is 0 Å². The molecule has 1 unspecified atom stereocenters. The van der Waals surface area contributed by atoms with Gasteiger partial charge in [0.2, 0.25) is 0 Å². The number of benzene rings is 1. The fourth-order valence-corrected chi connectivity index (χ4v) is 5.34. The van der Waals surface area contributed by atoms with Gasteiger partial charge in [-0.3, -0.25) is 14.2 Å². The third kappa shape index (κ3) is 4.38. The van der Waals surface area contributed by atoms with Crippen molar-refractivity contribution in [2.24, 2.45) is 0 Å². The van der Waals surface area contributed by atoms with E-state index in [2.05, 4.69) is 10.1 Å². The summed E-state index contributed by atoms with van der Waals surface area (Å²) in [4.78, 5) is 29.2. The van der Waals surface area contributed by atoms with Gasteiger partial charge in [0.25, 0.3) is 5.56 Å². The number of sulfone groups is 1. The monoisotopic (exact) mass is 454 g/mol. The van der Waals surface area contributed by atoms with Crippen LogP contribution in [0.1, 0.15) is 23.6 Å². The first-order chi connectivity index (χ1) is 14.5. The highest BCUT2D eigenvalue weighted by atomic mass is 32.2. The van der Waals surface area contributed by atoms with Crippen LogP contribution in [-0.2, 0) is 33.8 Å². The zero-order valence-electron chi connectivity index (χ0n) is 16.0. The van der Waals surface area contributed by atoms with E-state index in [1.165, 1.54) is 23.0 Å². The summed E-state index contributed by atoms with van der Waals surface area (Å²) >= 11 is 0. The van der Waals surface area contributed by atoms with E-state index in [0.29, 0.717) is 6.42 Å². The lowest BCUT2D eigenvalue weighted by Crippen LogP contribution is -2.25. The third-order valence-electron chi connectivity index (χ3n) is 5.14. The maximum atomic E-state index is 12.8. The van der Waals surface area contributed by atoms with Gasteiger partial charge in [-0.2, -0.15) is 18.3 Å². The van der Waals surface area contributed by atoms with Crippen LogP contribution in [-0.4, -0.2) is 45.0 Å². The van der Waals surface area contributed by atoms with E-state index in [-0.39, 0.29) is 41.1 Å². The summed E-state index contributed by atoms with van der Waals surface area (Å²) in [5, 5.41) is 4.25. The summed E-state index contributed by atoms with van der Waals surface area (Å²) in [6, 6.07) is 4.05. The molecule has 12 heteroatoms. The second kappa shape index (κ2) is 7.59. The number of alkyl halides is 3. The van der Waals surface area contributed by atoms with Gasteiger partial charge in [0.05, 0.1) is 35.9 Å². The molecule has 0 saturated carbocycles. The average Bonchev–Trinajstić information content (AvgIpc) is 3.26. The molecule has 0 spiro atoms. The molecule has 1 aromatic carbocycles. The fourth-order valence-electron chi connectivity index (χ4n) is 3.65. The van der Waals surface area contributed by atoms with Gasteiger partial charge in [-0.15, -0.1) is 0 Å². The van der Waals surface area contributed by atoms with Gasteiger partial charge < -0.3 is 0 Å². The number of hydrogen-bond acceptors (Lipinski definition) is 6. The number of hydrogen-bond donors (Lipinski definition) is 0. The minimum Gasteiger partial charge on any atom is -0.297 e. The van der Waals surface area contributed by atoms with Crippen molar-refractivity contribution in [3.63, 3.8) is 0 Å². The van der Waals surface area contributed by atoms with Gasteiger partial charge >= 0.3 is 6.18 Å². The van der Waals surface area contributed by atoms with Crippen LogP contribution in [0.15, 0.2) is 41.6 Å². The van der Waals surface area contributed by atoms with E-state index < -0.39 is 39.0 Å². The van der Waals surface area contributed by atoms with Crippen molar-refractivity contribution < 1.29 is 26.4 Å². The summed E-state index contributed by atoms with van der Waals surface area (Å²) in [5.41, 5.74) is -0.959. The molecule has 164 valence electrons. The van der Waals surface area contributed by atoms with Crippen LogP contribution in [0, 0.1) is 0 Å². The maximum absolute atomic E-state index is 12.8. The number of aromatic nitrogens is 4. The van der Waals surface area contributed by atoms with Gasteiger partial charge in [-0.25, -0.2) is 18.1 Å². The van der Waals surface area contributed by atoms with E-state index in [9.17, 15) is 31.2 Å². The third-order valence-corrected chi connectivity index (χ3v) is 6.89. The van der Waals surface area contributed by atoms with Crippen LogP contribution >= 0.6 is 0 Å². The van der Waals surface area contributed by atoms with Gasteiger partial charge in [0, 0.05) is 6.42 Å². The second-order valence-corrected chi connectivity index (χ2v) is 9.70. The van der Waals surface area contributed by atoms with E-state index in [0.717, 1.165) is 23.0 Å². The van der Waals surface area contributed by atoms with Crippen LogP contribution in [0.3, 0.4) is 0 Å². The molecule has 0 N–H and O–H groups in total. The van der Waals surface area contributed by atoms with Crippen molar-refractivity contribution >= 4 is 26.7 Å². The molecule has 0 amide bonds. The number of halogens is 3. The number of fused-ring (bicyclic) bond motifs is 1. The van der Waals surface area contributed by atoms with E-state index in [4.69, 9.17) is 0 Å². The maximum Gasteiger partial charge on any atom is 0.416 e. The minimum absolute atomic E-state index is 0.0418. The molecular weight excluding hydrogens is 437 g/mol. The average molecular weight is 454 g/mol. The first kappa shape index (κ1) is 21.2. The Labute approximate surface area is 174 Å². The summed E-state index contributed by atoms with van der Waals surface area (Å²) in [6.45, 7) is -0.360. The molecule has 4 rings (SSSR count). The van der Waals surface area contributed by atoms with E-state index in [1.54, 1.807) is 0 Å². The molecule has 8 nitrogen and oxygen atoms in total. The van der Waals surface area contributed by atoms with Gasteiger partial charge in [0.1, 0.15) is 11.7 Å². The van der Waals surface area contributed by atoms with Crippen LogP contribution < -0.4 is 5.56 Å². The highest BCUT2D eigenvalue weighted by Gasteiger charge is 2.32. The predicted molar refractivity (Wildman–Crippen MR) is 104 cm³/mol. The van der Waals surface area contributed by atoms with Gasteiger partial charge in [-0.05, 0) is 18.1 Å². The van der Waals surface area contributed by atoms with Crippen molar-refractivity contribution in [1.82, 2.24) is 19.3 Å². The van der Waals surface area contributed by atoms with Crippen molar-refractivity contribution in [2.75, 3.05) is 11.5 Å². The Kier molecular flexibility index (Phi) is 5.20. The second-order valence-electron chi connectivity index (χ2n) is 7.47. The number of ketones is 1. The molecule has 1 aliphatic rings. The Morgan fingerprint density at radius 1 is 1.26 bits per heavy atom. The van der Waals surface area contributed by atoms with Crippen LogP contribution in [0.25, 0.3) is 11.0 Å². The molecule has 0 radical (unpaired) electrons. The molecule has 3 heterocycles. The summed E-state index contributed by atoms with van der Waals surface area (Å²) < 4.78 is 64.4. The Morgan fingerprint density at radius 3 is 2.71 bits per heavy atom. The van der Waals surface area contributed by atoms with Crippen LogP contribution in [0.2, 0.25) is 0 Å². The highest BCUT2D eigenvalue weighted by molar-refractivity contribution is 7.91. The van der Waals surface area contributed by atoms with Crippen molar-refractivity contribution in [2.45, 2.75) is 31.6 Å². The Balaban J connectivity index is 1.54. The Hall–Kier alpha value is -3.02. The van der Waals surface area contributed by atoms with E-state index >= 15 is 0 Å². The van der Waals surface area contributed by atoms with Crippen molar-refractivity contribution in [1.29, 1.82) is 0 Å². The number of carbonyl (C=O) groups is 1. The van der Waals surface area contributed by atoms with Crippen LogP contribution in [0.5, 0.6) is 0 Å². The lowest BCUT2D eigenvalue weighted by Gasteiger charge is -2.10. The number of carbonyl (C=O) groups excluding carboxylic acids is 1. The molecule has 2 aromatic heterocycles. The molecule has 0 bridgehead atoms. The summed E-state index contributed by atoms with van der Waals surface area (Å²) in [5.74, 6) is -0.499. The zero-order valence-corrected chi connectivity index (χ0v) is 16.9. The smallest absolute Gasteiger partial charge is 0.297 e. The van der Waals surface area contributed by atoms with Gasteiger partial charge in [-0.1, -0.05) is 18.2 Å². The quantitative estimate of drug-likeness (QED) is 0.582. The standard InChI is InChI=1S/C19H17F3N4O4S/c20-19(21,22)13-3-1-2-12(6-13)7-15(27)9-25-11-23-17-16(18(25)28)8-24-26(17)14-4-5-31(29,30)10-14/h1-3,6,8,11,14H,4-5,7,9-10H2. The lowest BCUT2D eigenvalue weighted by atomic mass is 10.1. The molecule has 1 aliphatic heterocycles. The normalized spacial score (nSPS) is 18.5. The molecule has 1 atom stereocenters.